The molecule has 6 heteroatoms. The van der Waals surface area contributed by atoms with Gasteiger partial charge in [-0.3, -0.25) is 4.79 Å². The predicted molar refractivity (Wildman–Crippen MR) is 106 cm³/mol. The van der Waals surface area contributed by atoms with Gasteiger partial charge in [0.2, 0.25) is 5.95 Å². The third kappa shape index (κ3) is 5.26. The Balaban J connectivity index is 2.24. The van der Waals surface area contributed by atoms with Crippen molar-refractivity contribution < 1.29 is 4.79 Å². The van der Waals surface area contributed by atoms with E-state index in [-0.39, 0.29) is 5.91 Å². The van der Waals surface area contributed by atoms with Gasteiger partial charge in [0.1, 0.15) is 5.69 Å². The molecule has 0 aliphatic carbocycles. The molecule has 6 nitrogen and oxygen atoms in total. The Morgan fingerprint density at radius 2 is 1.77 bits per heavy atom. The van der Waals surface area contributed by atoms with E-state index in [1.54, 1.807) is 6.07 Å². The highest BCUT2D eigenvalue weighted by atomic mass is 16.1. The first-order chi connectivity index (χ1) is 12.4. The molecule has 2 N–H and O–H groups in total. The summed E-state index contributed by atoms with van der Waals surface area (Å²) < 4.78 is 0. The smallest absolute Gasteiger partial charge is 0.270 e. The molecule has 0 aliphatic heterocycles. The van der Waals surface area contributed by atoms with Crippen LogP contribution in [-0.4, -0.2) is 48.0 Å². The lowest BCUT2D eigenvalue weighted by molar-refractivity contribution is 0.0946. The molecule has 0 saturated carbocycles. The van der Waals surface area contributed by atoms with Crippen molar-refractivity contribution in [2.75, 3.05) is 32.5 Å². The number of hydrogen-bond donors (Lipinski definition) is 2. The number of aryl methyl sites for hydroxylation is 3. The molecule has 0 aliphatic rings. The number of likely N-dealkylation sites (N-methyl/N-ethyl adjacent to an activating group) is 1. The highest BCUT2D eigenvalue weighted by Gasteiger charge is 2.13. The van der Waals surface area contributed by atoms with Crippen LogP contribution in [0.2, 0.25) is 0 Å². The Kier molecular flexibility index (Phi) is 7.09. The second kappa shape index (κ2) is 9.29. The van der Waals surface area contributed by atoms with E-state index in [9.17, 15) is 4.79 Å². The third-order valence-corrected chi connectivity index (χ3v) is 4.17. The van der Waals surface area contributed by atoms with Gasteiger partial charge in [-0.25, -0.2) is 9.97 Å². The number of rotatable bonds is 8. The summed E-state index contributed by atoms with van der Waals surface area (Å²) in [6, 6.07) is 7.99. The van der Waals surface area contributed by atoms with Gasteiger partial charge >= 0.3 is 0 Å². The van der Waals surface area contributed by atoms with Crippen molar-refractivity contribution >= 4 is 17.5 Å². The van der Waals surface area contributed by atoms with E-state index < -0.39 is 0 Å². The minimum Gasteiger partial charge on any atom is -0.349 e. The number of nitrogens with zero attached hydrogens (tertiary/aromatic N) is 3. The Morgan fingerprint density at radius 1 is 1.12 bits per heavy atom. The van der Waals surface area contributed by atoms with Crippen LogP contribution in [-0.2, 0) is 12.8 Å². The normalized spacial score (nSPS) is 10.8. The number of hydrogen-bond acceptors (Lipinski definition) is 5. The first kappa shape index (κ1) is 19.8. The van der Waals surface area contributed by atoms with Crippen molar-refractivity contribution in [1.29, 1.82) is 0 Å². The van der Waals surface area contributed by atoms with Crippen LogP contribution in [0.1, 0.15) is 41.2 Å². The molecule has 140 valence electrons. The Bertz CT molecular complexity index is 736. The molecule has 0 fully saturated rings. The number of carbonyl (C=O) groups is 1. The highest BCUT2D eigenvalue weighted by Crippen LogP contribution is 2.25. The van der Waals surface area contributed by atoms with E-state index >= 15 is 0 Å². The standard InChI is InChI=1S/C20H29N5O/c1-6-15-9-8-10-16(7-2)18(15)24-20-22-14(3)13-17(23-20)19(26)21-11-12-25(4)5/h8-10,13H,6-7,11-12H2,1-5H3,(H,21,26)(H,22,23,24). The quantitative estimate of drug-likeness (QED) is 0.762. The average molecular weight is 355 g/mol. The van der Waals surface area contributed by atoms with Gasteiger partial charge in [0.25, 0.3) is 5.91 Å². The molecule has 0 unspecified atom stereocenters. The SMILES string of the molecule is CCc1cccc(CC)c1Nc1nc(C)cc(C(=O)NCCN(C)C)n1. The molecule has 2 aromatic rings. The second-order valence-corrected chi connectivity index (χ2v) is 6.56. The van der Waals surface area contributed by atoms with Crippen LogP contribution < -0.4 is 10.6 Å². The Morgan fingerprint density at radius 3 is 2.35 bits per heavy atom. The zero-order valence-corrected chi connectivity index (χ0v) is 16.4. The van der Waals surface area contributed by atoms with Crippen molar-refractivity contribution in [3.8, 4) is 0 Å². The van der Waals surface area contributed by atoms with Crippen molar-refractivity contribution in [3.05, 3.63) is 46.8 Å². The fourth-order valence-corrected chi connectivity index (χ4v) is 2.74. The fraction of sp³-hybridized carbons (Fsp3) is 0.450. The summed E-state index contributed by atoms with van der Waals surface area (Å²) in [6.45, 7) is 7.48. The van der Waals surface area contributed by atoms with Gasteiger partial charge in [0.05, 0.1) is 0 Å². The monoisotopic (exact) mass is 355 g/mol. The lowest BCUT2D eigenvalue weighted by Gasteiger charge is -2.15. The molecule has 1 heterocycles. The van der Waals surface area contributed by atoms with E-state index in [1.807, 2.05) is 25.9 Å². The molecular weight excluding hydrogens is 326 g/mol. The number of nitrogens with one attached hydrogen (secondary N) is 2. The predicted octanol–water partition coefficient (Wildman–Crippen LogP) is 2.94. The first-order valence-electron chi connectivity index (χ1n) is 9.11. The Hall–Kier alpha value is -2.47. The van der Waals surface area contributed by atoms with E-state index in [0.29, 0.717) is 18.2 Å². The van der Waals surface area contributed by atoms with E-state index in [4.69, 9.17) is 0 Å². The molecule has 0 bridgehead atoms. The molecule has 2 rings (SSSR count). The lowest BCUT2D eigenvalue weighted by atomic mass is 10.0. The number of carbonyl (C=O) groups excluding carboxylic acids is 1. The van der Waals surface area contributed by atoms with Crippen LogP contribution in [0.3, 0.4) is 0 Å². The summed E-state index contributed by atoms with van der Waals surface area (Å²) in [7, 11) is 3.94. The van der Waals surface area contributed by atoms with Crippen LogP contribution >= 0.6 is 0 Å². The molecule has 0 saturated heterocycles. The maximum Gasteiger partial charge on any atom is 0.270 e. The summed E-state index contributed by atoms with van der Waals surface area (Å²) in [5.41, 5.74) is 4.61. The van der Waals surface area contributed by atoms with Crippen molar-refractivity contribution in [1.82, 2.24) is 20.2 Å². The van der Waals surface area contributed by atoms with Crippen LogP contribution in [0.15, 0.2) is 24.3 Å². The van der Waals surface area contributed by atoms with E-state index in [1.165, 1.54) is 11.1 Å². The summed E-state index contributed by atoms with van der Waals surface area (Å²) in [6.07, 6.45) is 1.83. The van der Waals surface area contributed by atoms with Gasteiger partial charge in [0.15, 0.2) is 0 Å². The lowest BCUT2D eigenvalue weighted by Crippen LogP contribution is -2.32. The number of amides is 1. The van der Waals surface area contributed by atoms with Crippen LogP contribution in [0.25, 0.3) is 0 Å². The Labute approximate surface area is 156 Å². The van der Waals surface area contributed by atoms with Gasteiger partial charge in [-0.1, -0.05) is 32.0 Å². The summed E-state index contributed by atoms with van der Waals surface area (Å²) >= 11 is 0. The highest BCUT2D eigenvalue weighted by molar-refractivity contribution is 5.92. The van der Waals surface area contributed by atoms with E-state index in [0.717, 1.165) is 30.8 Å². The number of para-hydroxylation sites is 1. The number of benzene rings is 1. The summed E-state index contributed by atoms with van der Waals surface area (Å²) in [5, 5.41) is 6.24. The van der Waals surface area contributed by atoms with Crippen LogP contribution in [0, 0.1) is 6.92 Å². The molecule has 1 aromatic carbocycles. The summed E-state index contributed by atoms with van der Waals surface area (Å²) in [4.78, 5) is 23.3. The molecule has 0 radical (unpaired) electrons. The first-order valence-corrected chi connectivity index (χ1v) is 9.11. The van der Waals surface area contributed by atoms with Gasteiger partial charge in [-0.15, -0.1) is 0 Å². The zero-order valence-electron chi connectivity index (χ0n) is 16.4. The van der Waals surface area contributed by atoms with Crippen molar-refractivity contribution in [3.63, 3.8) is 0 Å². The maximum atomic E-state index is 12.4. The van der Waals surface area contributed by atoms with Gasteiger partial charge in [-0.2, -0.15) is 0 Å². The second-order valence-electron chi connectivity index (χ2n) is 6.56. The molecule has 26 heavy (non-hydrogen) atoms. The molecule has 1 amide bonds. The largest absolute Gasteiger partial charge is 0.349 e. The molecular formula is C20H29N5O. The van der Waals surface area contributed by atoms with Gasteiger partial charge in [0, 0.05) is 24.5 Å². The molecule has 0 atom stereocenters. The minimum atomic E-state index is -0.181. The van der Waals surface area contributed by atoms with Crippen LogP contribution in [0.4, 0.5) is 11.6 Å². The zero-order chi connectivity index (χ0) is 19.1. The number of anilines is 2. The topological polar surface area (TPSA) is 70.2 Å². The maximum absolute atomic E-state index is 12.4. The molecule has 0 spiro atoms. The fourth-order valence-electron chi connectivity index (χ4n) is 2.74. The molecule has 1 aromatic heterocycles. The van der Waals surface area contributed by atoms with Crippen molar-refractivity contribution in [2.24, 2.45) is 0 Å². The number of aromatic nitrogens is 2. The van der Waals surface area contributed by atoms with Crippen LogP contribution in [0.5, 0.6) is 0 Å². The van der Waals surface area contributed by atoms with E-state index in [2.05, 4.69) is 52.6 Å². The summed E-state index contributed by atoms with van der Waals surface area (Å²) in [5.74, 6) is 0.276. The minimum absolute atomic E-state index is 0.181. The van der Waals surface area contributed by atoms with Crippen molar-refractivity contribution in [2.45, 2.75) is 33.6 Å². The average Bonchev–Trinajstić information content (AvgIpc) is 2.61. The van der Waals surface area contributed by atoms with Gasteiger partial charge < -0.3 is 15.5 Å². The van der Waals surface area contributed by atoms with Gasteiger partial charge in [-0.05, 0) is 51.1 Å². The third-order valence-electron chi connectivity index (χ3n) is 4.17.